The Hall–Kier alpha value is -2.64. The Morgan fingerprint density at radius 1 is 1.43 bits per heavy atom. The Kier molecular flexibility index (Phi) is 4.06. The lowest BCUT2D eigenvalue weighted by Crippen LogP contribution is -2.28. The van der Waals surface area contributed by atoms with Crippen LogP contribution >= 0.6 is 0 Å². The number of amides is 1. The quantitative estimate of drug-likeness (QED) is 0.835. The highest BCUT2D eigenvalue weighted by Gasteiger charge is 2.21. The largest absolute Gasteiger partial charge is 0.480 e. The summed E-state index contributed by atoms with van der Waals surface area (Å²) in [5.74, 6) is -1.42. The van der Waals surface area contributed by atoms with Crippen LogP contribution in [0.25, 0.3) is 0 Å². The molecule has 0 aromatic carbocycles. The number of carboxylic acids is 1. The highest BCUT2D eigenvalue weighted by atomic mass is 16.4. The third-order valence-corrected chi connectivity index (χ3v) is 3.40. The van der Waals surface area contributed by atoms with Gasteiger partial charge >= 0.3 is 5.97 Å². The number of carbonyl (C=O) groups is 2. The molecule has 2 aromatic rings. The molecule has 0 radical (unpaired) electrons. The van der Waals surface area contributed by atoms with Gasteiger partial charge in [-0.3, -0.25) is 9.48 Å². The van der Waals surface area contributed by atoms with Gasteiger partial charge in [-0.2, -0.15) is 10.2 Å². The van der Waals surface area contributed by atoms with Crippen LogP contribution in [0, 0.1) is 6.92 Å². The molecule has 1 amide bonds. The van der Waals surface area contributed by atoms with Gasteiger partial charge in [0.2, 0.25) is 0 Å². The van der Waals surface area contributed by atoms with Gasteiger partial charge in [0.1, 0.15) is 11.7 Å². The van der Waals surface area contributed by atoms with Crippen molar-refractivity contribution in [3.63, 3.8) is 0 Å². The highest BCUT2D eigenvalue weighted by molar-refractivity contribution is 5.93. The Morgan fingerprint density at radius 3 is 2.71 bits per heavy atom. The van der Waals surface area contributed by atoms with Gasteiger partial charge in [0.05, 0.1) is 6.20 Å². The first-order valence-corrected chi connectivity index (χ1v) is 6.43. The summed E-state index contributed by atoms with van der Waals surface area (Å²) in [6, 6.07) is 0.589. The number of carbonyl (C=O) groups excluding carboxylic acids is 1. The van der Waals surface area contributed by atoms with Crippen molar-refractivity contribution in [1.29, 1.82) is 0 Å². The lowest BCUT2D eigenvalue weighted by Gasteiger charge is -2.11. The van der Waals surface area contributed by atoms with Crippen LogP contribution in [0.3, 0.4) is 0 Å². The number of hydrogen-bond donors (Lipinski definition) is 2. The molecule has 112 valence electrons. The van der Waals surface area contributed by atoms with Gasteiger partial charge in [0.25, 0.3) is 5.91 Å². The Labute approximate surface area is 121 Å². The number of aryl methyl sites for hydroxylation is 1. The molecule has 0 bridgehead atoms. The molecule has 0 spiro atoms. The van der Waals surface area contributed by atoms with Gasteiger partial charge in [0, 0.05) is 31.0 Å². The fourth-order valence-electron chi connectivity index (χ4n) is 1.89. The molecule has 0 saturated carbocycles. The van der Waals surface area contributed by atoms with Crippen LogP contribution in [-0.4, -0.2) is 36.5 Å². The standard InChI is InChI=1S/C13H17N5O3/c1-8-10(7-16-17(8)3)6-14-12(19)11-4-5-15-18(11)9(2)13(20)21/h4-5,7,9H,6H2,1-3H3,(H,14,19)(H,20,21). The van der Waals surface area contributed by atoms with Crippen molar-refractivity contribution < 1.29 is 14.7 Å². The highest BCUT2D eigenvalue weighted by Crippen LogP contribution is 2.10. The maximum atomic E-state index is 12.2. The molecule has 8 nitrogen and oxygen atoms in total. The molecule has 1 atom stereocenters. The minimum absolute atomic E-state index is 0.214. The molecule has 8 heteroatoms. The number of nitrogens with one attached hydrogen (secondary N) is 1. The van der Waals surface area contributed by atoms with Crippen molar-refractivity contribution in [3.05, 3.63) is 35.4 Å². The zero-order chi connectivity index (χ0) is 15.6. The Balaban J connectivity index is 2.09. The normalized spacial score (nSPS) is 12.1. The Bertz CT molecular complexity index is 673. The lowest BCUT2D eigenvalue weighted by atomic mass is 10.2. The smallest absolute Gasteiger partial charge is 0.328 e. The summed E-state index contributed by atoms with van der Waals surface area (Å²) in [6.07, 6.45) is 3.09. The zero-order valence-electron chi connectivity index (χ0n) is 12.1. The van der Waals surface area contributed by atoms with E-state index in [1.807, 2.05) is 14.0 Å². The minimum Gasteiger partial charge on any atom is -0.480 e. The van der Waals surface area contributed by atoms with Crippen molar-refractivity contribution in [2.45, 2.75) is 26.4 Å². The van der Waals surface area contributed by atoms with Crippen LogP contribution < -0.4 is 5.32 Å². The predicted octanol–water partition coefficient (Wildman–Crippen LogP) is 0.501. The lowest BCUT2D eigenvalue weighted by molar-refractivity contribution is -0.140. The van der Waals surface area contributed by atoms with Crippen molar-refractivity contribution >= 4 is 11.9 Å². The summed E-state index contributed by atoms with van der Waals surface area (Å²) >= 11 is 0. The second-order valence-corrected chi connectivity index (χ2v) is 4.74. The van der Waals surface area contributed by atoms with Crippen molar-refractivity contribution in [1.82, 2.24) is 24.9 Å². The number of hydrogen-bond acceptors (Lipinski definition) is 4. The molecule has 2 rings (SSSR count). The van der Waals surface area contributed by atoms with E-state index in [9.17, 15) is 9.59 Å². The van der Waals surface area contributed by atoms with E-state index in [0.717, 1.165) is 11.3 Å². The fraction of sp³-hybridized carbons (Fsp3) is 0.385. The van der Waals surface area contributed by atoms with Crippen LogP contribution in [0.4, 0.5) is 0 Å². The summed E-state index contributed by atoms with van der Waals surface area (Å²) in [7, 11) is 1.82. The second-order valence-electron chi connectivity index (χ2n) is 4.74. The monoisotopic (exact) mass is 291 g/mol. The number of nitrogens with zero attached hydrogens (tertiary/aromatic N) is 4. The molecule has 0 saturated heterocycles. The first kappa shape index (κ1) is 14.8. The molecule has 1 unspecified atom stereocenters. The van der Waals surface area contributed by atoms with Gasteiger partial charge in [-0.15, -0.1) is 0 Å². The van der Waals surface area contributed by atoms with Crippen LogP contribution in [0.1, 0.15) is 34.7 Å². The minimum atomic E-state index is -1.05. The second kappa shape index (κ2) is 5.78. The number of aromatic nitrogens is 4. The molecule has 0 fully saturated rings. The van der Waals surface area contributed by atoms with E-state index in [-0.39, 0.29) is 11.6 Å². The van der Waals surface area contributed by atoms with Gasteiger partial charge in [-0.1, -0.05) is 0 Å². The van der Waals surface area contributed by atoms with Crippen molar-refractivity contribution in [2.24, 2.45) is 7.05 Å². The topological polar surface area (TPSA) is 102 Å². The molecule has 21 heavy (non-hydrogen) atoms. The van der Waals surface area contributed by atoms with Crippen LogP contribution in [0.5, 0.6) is 0 Å². The van der Waals surface area contributed by atoms with Gasteiger partial charge in [-0.05, 0) is 19.9 Å². The van der Waals surface area contributed by atoms with E-state index >= 15 is 0 Å². The van der Waals surface area contributed by atoms with E-state index in [1.54, 1.807) is 10.9 Å². The summed E-state index contributed by atoms with van der Waals surface area (Å²) in [4.78, 5) is 23.1. The van der Waals surface area contributed by atoms with E-state index in [2.05, 4.69) is 15.5 Å². The molecule has 2 N–H and O–H groups in total. The number of aliphatic carboxylic acids is 1. The van der Waals surface area contributed by atoms with Crippen LogP contribution in [-0.2, 0) is 18.4 Å². The number of carboxylic acid groups (broad SMARTS) is 1. The van der Waals surface area contributed by atoms with E-state index < -0.39 is 12.0 Å². The third-order valence-electron chi connectivity index (χ3n) is 3.40. The SMILES string of the molecule is Cc1c(CNC(=O)c2ccnn2C(C)C(=O)O)cnn1C. The molecular weight excluding hydrogens is 274 g/mol. The first-order valence-electron chi connectivity index (χ1n) is 6.43. The summed E-state index contributed by atoms with van der Waals surface area (Å²) in [5, 5.41) is 19.7. The summed E-state index contributed by atoms with van der Waals surface area (Å²) < 4.78 is 2.91. The average Bonchev–Trinajstić information content (AvgIpc) is 3.04. The van der Waals surface area contributed by atoms with Gasteiger partial charge in [-0.25, -0.2) is 9.48 Å². The van der Waals surface area contributed by atoms with E-state index in [4.69, 9.17) is 5.11 Å². The molecule has 0 aliphatic heterocycles. The molecule has 2 aromatic heterocycles. The summed E-state index contributed by atoms with van der Waals surface area (Å²) in [6.45, 7) is 3.70. The van der Waals surface area contributed by atoms with E-state index in [1.165, 1.54) is 23.9 Å². The first-order chi connectivity index (χ1) is 9.91. The predicted molar refractivity (Wildman–Crippen MR) is 73.7 cm³/mol. The maximum Gasteiger partial charge on any atom is 0.328 e. The van der Waals surface area contributed by atoms with Crippen molar-refractivity contribution in [2.75, 3.05) is 0 Å². The van der Waals surface area contributed by atoms with Crippen LogP contribution in [0.2, 0.25) is 0 Å². The average molecular weight is 291 g/mol. The van der Waals surface area contributed by atoms with Gasteiger partial charge in [0.15, 0.2) is 0 Å². The molecular formula is C13H17N5O3. The number of rotatable bonds is 5. The Morgan fingerprint density at radius 2 is 2.14 bits per heavy atom. The molecule has 0 aliphatic carbocycles. The maximum absolute atomic E-state index is 12.2. The fourth-order valence-corrected chi connectivity index (χ4v) is 1.89. The van der Waals surface area contributed by atoms with Gasteiger partial charge < -0.3 is 10.4 Å². The third kappa shape index (κ3) is 2.93. The summed E-state index contributed by atoms with van der Waals surface area (Å²) in [5.41, 5.74) is 2.08. The zero-order valence-corrected chi connectivity index (χ0v) is 12.1. The van der Waals surface area contributed by atoms with Crippen molar-refractivity contribution in [3.8, 4) is 0 Å². The molecule has 2 heterocycles. The molecule has 0 aliphatic rings. The van der Waals surface area contributed by atoms with Crippen LogP contribution in [0.15, 0.2) is 18.5 Å². The van der Waals surface area contributed by atoms with E-state index in [0.29, 0.717) is 6.54 Å².